The number of rotatable bonds is 7. The number of ether oxygens (including phenoxy) is 2. The highest BCUT2D eigenvalue weighted by atomic mass is 32.1. The second-order valence-corrected chi connectivity index (χ2v) is 10.4. The highest BCUT2D eigenvalue weighted by molar-refractivity contribution is 7.80. The van der Waals surface area contributed by atoms with Crippen molar-refractivity contribution in [3.05, 3.63) is 88.0 Å². The Balaban J connectivity index is 1.16. The summed E-state index contributed by atoms with van der Waals surface area (Å²) in [7, 11) is 1.59. The van der Waals surface area contributed by atoms with Crippen LogP contribution in [-0.2, 0) is 4.74 Å². The Labute approximate surface area is 254 Å². The van der Waals surface area contributed by atoms with Gasteiger partial charge >= 0.3 is 0 Å². The highest BCUT2D eigenvalue weighted by Gasteiger charge is 2.24. The van der Waals surface area contributed by atoms with Crippen LogP contribution in [0.2, 0.25) is 0 Å². The van der Waals surface area contributed by atoms with Gasteiger partial charge in [0.05, 0.1) is 36.5 Å². The number of nitro groups is 1. The van der Waals surface area contributed by atoms with Crippen molar-refractivity contribution in [1.82, 2.24) is 10.2 Å². The summed E-state index contributed by atoms with van der Waals surface area (Å²) in [6.45, 7) is 4.74. The lowest BCUT2D eigenvalue weighted by atomic mass is 10.1. The van der Waals surface area contributed by atoms with Gasteiger partial charge < -0.3 is 29.5 Å². The third-order valence-corrected chi connectivity index (χ3v) is 7.61. The van der Waals surface area contributed by atoms with Crippen molar-refractivity contribution >= 4 is 51.9 Å². The van der Waals surface area contributed by atoms with Gasteiger partial charge in [0.25, 0.3) is 17.5 Å². The first-order valence-corrected chi connectivity index (χ1v) is 14.2. The Morgan fingerprint density at radius 3 is 2.21 bits per heavy atom. The van der Waals surface area contributed by atoms with Crippen LogP contribution in [0.25, 0.3) is 0 Å². The number of methoxy groups -OCH3 is 1. The van der Waals surface area contributed by atoms with Gasteiger partial charge in [0.1, 0.15) is 5.75 Å². The second-order valence-electron chi connectivity index (χ2n) is 10.0. The monoisotopic (exact) mass is 604 g/mol. The number of hydrogen-bond acceptors (Lipinski definition) is 9. The van der Waals surface area contributed by atoms with Gasteiger partial charge in [-0.1, -0.05) is 0 Å². The minimum absolute atomic E-state index is 0.000385. The van der Waals surface area contributed by atoms with Gasteiger partial charge in [0.15, 0.2) is 5.11 Å². The molecule has 224 valence electrons. The molecule has 2 saturated heterocycles. The summed E-state index contributed by atoms with van der Waals surface area (Å²) in [4.78, 5) is 42.9. The predicted molar refractivity (Wildman–Crippen MR) is 167 cm³/mol. The molecule has 0 unspecified atom stereocenters. The zero-order valence-electron chi connectivity index (χ0n) is 23.7. The van der Waals surface area contributed by atoms with Crippen molar-refractivity contribution in [3.8, 4) is 5.75 Å². The summed E-state index contributed by atoms with van der Waals surface area (Å²) < 4.78 is 10.6. The van der Waals surface area contributed by atoms with Gasteiger partial charge in [-0.25, -0.2) is 0 Å². The van der Waals surface area contributed by atoms with Crippen molar-refractivity contribution in [2.24, 2.45) is 0 Å². The minimum atomic E-state index is -0.540. The molecule has 2 N–H and O–H groups in total. The van der Waals surface area contributed by atoms with E-state index in [9.17, 15) is 19.7 Å². The predicted octanol–water partition coefficient (Wildman–Crippen LogP) is 3.53. The number of carbonyl (C=O) groups is 2. The quantitative estimate of drug-likeness (QED) is 0.235. The number of nitro benzene ring substituents is 1. The van der Waals surface area contributed by atoms with E-state index in [0.29, 0.717) is 75.2 Å². The highest BCUT2D eigenvalue weighted by Crippen LogP contribution is 2.27. The SMILES string of the molecule is COc1ccc(C(=O)N2CCN(c3ccc(NC(=S)NC(=O)c4cc([N+](=O)[O-])ccc4N4CCOCC4)cc3)CC2)cc1. The first-order chi connectivity index (χ1) is 20.8. The van der Waals surface area contributed by atoms with Crippen molar-refractivity contribution in [3.63, 3.8) is 0 Å². The fraction of sp³-hybridized carbons (Fsp3) is 0.300. The molecule has 0 aliphatic carbocycles. The molecule has 3 aromatic carbocycles. The van der Waals surface area contributed by atoms with E-state index < -0.39 is 10.8 Å². The number of non-ortho nitro benzene ring substituents is 1. The van der Waals surface area contributed by atoms with Crippen LogP contribution in [0.3, 0.4) is 0 Å². The van der Waals surface area contributed by atoms with E-state index in [4.69, 9.17) is 21.7 Å². The average Bonchev–Trinajstić information content (AvgIpc) is 3.05. The standard InChI is InChI=1S/C30H32N6O6S/c1-41-25-9-2-21(3-10-25)29(38)35-14-12-33(13-15-35)23-6-4-22(5-7-23)31-30(43)32-28(37)26-20-24(36(39)40)8-11-27(26)34-16-18-42-19-17-34/h2-11,20H,12-19H2,1H3,(H2,31,32,37,43). The molecular weight excluding hydrogens is 572 g/mol. The van der Waals surface area contributed by atoms with E-state index >= 15 is 0 Å². The lowest BCUT2D eigenvalue weighted by molar-refractivity contribution is -0.384. The first-order valence-electron chi connectivity index (χ1n) is 13.8. The third-order valence-electron chi connectivity index (χ3n) is 7.41. The summed E-state index contributed by atoms with van der Waals surface area (Å²) in [5.41, 5.74) is 2.89. The van der Waals surface area contributed by atoms with E-state index in [1.54, 1.807) is 37.4 Å². The molecule has 0 saturated carbocycles. The molecule has 0 aromatic heterocycles. The molecule has 3 aromatic rings. The van der Waals surface area contributed by atoms with Crippen molar-refractivity contribution in [1.29, 1.82) is 0 Å². The van der Waals surface area contributed by atoms with Gasteiger partial charge in [-0.2, -0.15) is 0 Å². The molecule has 2 aliphatic heterocycles. The third kappa shape index (κ3) is 7.19. The number of anilines is 3. The maximum absolute atomic E-state index is 13.2. The van der Waals surface area contributed by atoms with Gasteiger partial charge in [-0.3, -0.25) is 25.0 Å². The van der Waals surface area contributed by atoms with Crippen LogP contribution in [0.4, 0.5) is 22.7 Å². The van der Waals surface area contributed by atoms with E-state index in [0.717, 1.165) is 5.69 Å². The maximum atomic E-state index is 13.2. The lowest BCUT2D eigenvalue weighted by Gasteiger charge is -2.36. The maximum Gasteiger partial charge on any atom is 0.270 e. The van der Waals surface area contributed by atoms with Crippen LogP contribution < -0.4 is 25.2 Å². The molecule has 0 radical (unpaired) electrons. The van der Waals surface area contributed by atoms with Crippen LogP contribution in [0.5, 0.6) is 5.75 Å². The van der Waals surface area contributed by atoms with Gasteiger partial charge in [-0.15, -0.1) is 0 Å². The molecule has 5 rings (SSSR count). The summed E-state index contributed by atoms with van der Waals surface area (Å²) in [6, 6.07) is 19.0. The van der Waals surface area contributed by atoms with E-state index in [1.807, 2.05) is 34.1 Å². The number of hydrogen-bond donors (Lipinski definition) is 2. The Hall–Kier alpha value is -4.75. The molecule has 2 amide bonds. The molecule has 0 bridgehead atoms. The minimum Gasteiger partial charge on any atom is -0.497 e. The fourth-order valence-electron chi connectivity index (χ4n) is 5.07. The summed E-state index contributed by atoms with van der Waals surface area (Å²) in [5, 5.41) is 17.1. The van der Waals surface area contributed by atoms with Crippen molar-refractivity contribution in [2.45, 2.75) is 0 Å². The Morgan fingerprint density at radius 2 is 1.58 bits per heavy atom. The van der Waals surface area contributed by atoms with Crippen molar-refractivity contribution < 1.29 is 24.0 Å². The van der Waals surface area contributed by atoms with Crippen LogP contribution in [0.1, 0.15) is 20.7 Å². The summed E-state index contributed by atoms with van der Waals surface area (Å²) >= 11 is 5.38. The summed E-state index contributed by atoms with van der Waals surface area (Å²) in [6.07, 6.45) is 0. The number of benzene rings is 3. The van der Waals surface area contributed by atoms with E-state index in [-0.39, 0.29) is 22.3 Å². The van der Waals surface area contributed by atoms with Gasteiger partial charge in [0, 0.05) is 68.3 Å². The largest absolute Gasteiger partial charge is 0.497 e. The molecule has 2 aliphatic rings. The fourth-order valence-corrected chi connectivity index (χ4v) is 5.28. The number of nitrogens with one attached hydrogen (secondary N) is 2. The smallest absolute Gasteiger partial charge is 0.270 e. The van der Waals surface area contributed by atoms with Gasteiger partial charge in [0.2, 0.25) is 0 Å². The molecular formula is C30H32N6O6S. The molecule has 0 spiro atoms. The molecule has 2 heterocycles. The average molecular weight is 605 g/mol. The molecule has 43 heavy (non-hydrogen) atoms. The van der Waals surface area contributed by atoms with Crippen LogP contribution in [0.15, 0.2) is 66.7 Å². The van der Waals surface area contributed by atoms with Crippen molar-refractivity contribution in [2.75, 3.05) is 74.7 Å². The number of carbonyl (C=O) groups excluding carboxylic acids is 2. The second kappa shape index (κ2) is 13.5. The number of amides is 2. The number of morpholine rings is 1. The van der Waals surface area contributed by atoms with Crippen LogP contribution in [-0.4, -0.2) is 86.3 Å². The Bertz CT molecular complexity index is 1490. The number of thiocarbonyl (C=S) groups is 1. The Morgan fingerprint density at radius 1 is 0.907 bits per heavy atom. The molecule has 0 atom stereocenters. The van der Waals surface area contributed by atoms with E-state index in [1.165, 1.54) is 12.1 Å². The topological polar surface area (TPSA) is 130 Å². The number of nitrogens with zero attached hydrogens (tertiary/aromatic N) is 4. The summed E-state index contributed by atoms with van der Waals surface area (Å²) in [5.74, 6) is 0.170. The normalized spacial score (nSPS) is 15.0. The molecule has 12 nitrogen and oxygen atoms in total. The molecule has 2 fully saturated rings. The van der Waals surface area contributed by atoms with Crippen LogP contribution in [0, 0.1) is 10.1 Å². The lowest BCUT2D eigenvalue weighted by Crippen LogP contribution is -2.48. The van der Waals surface area contributed by atoms with E-state index in [2.05, 4.69) is 15.5 Å². The zero-order valence-corrected chi connectivity index (χ0v) is 24.5. The van der Waals surface area contributed by atoms with Crippen LogP contribution >= 0.6 is 12.2 Å². The number of piperazine rings is 1. The Kier molecular flexibility index (Phi) is 9.32. The van der Waals surface area contributed by atoms with Gasteiger partial charge in [-0.05, 0) is 66.8 Å². The zero-order chi connectivity index (χ0) is 30.3. The molecule has 13 heteroatoms. The first kappa shape index (κ1) is 29.7.